The van der Waals surface area contributed by atoms with Gasteiger partial charge >= 0.3 is 0 Å². The molecule has 0 aliphatic carbocycles. The van der Waals surface area contributed by atoms with E-state index in [2.05, 4.69) is 23.8 Å². The first-order chi connectivity index (χ1) is 17.5. The van der Waals surface area contributed by atoms with Crippen LogP contribution in [0.2, 0.25) is 0 Å². The number of nitrogens with zero attached hydrogens (tertiary/aromatic N) is 5. The minimum absolute atomic E-state index is 0.122. The van der Waals surface area contributed by atoms with Crippen LogP contribution in [-0.2, 0) is 21.9 Å². The molecule has 2 heterocycles. The number of hydrogen-bond acceptors (Lipinski definition) is 5. The maximum Gasteiger partial charge on any atom is 0.268 e. The van der Waals surface area contributed by atoms with Gasteiger partial charge in [0.25, 0.3) is 10.0 Å². The molecule has 1 fully saturated rings. The van der Waals surface area contributed by atoms with Gasteiger partial charge in [-0.1, -0.05) is 26.0 Å². The molecule has 0 unspecified atom stereocenters. The van der Waals surface area contributed by atoms with Gasteiger partial charge < -0.3 is 9.80 Å². The molecule has 8 nitrogen and oxygen atoms in total. The van der Waals surface area contributed by atoms with E-state index in [0.29, 0.717) is 49.2 Å². The average molecular weight is 528 g/mol. The van der Waals surface area contributed by atoms with Crippen LogP contribution in [0.25, 0.3) is 0 Å². The molecule has 1 aromatic heterocycles. The van der Waals surface area contributed by atoms with E-state index < -0.39 is 10.0 Å². The predicted octanol–water partition coefficient (Wildman–Crippen LogP) is 3.84. The van der Waals surface area contributed by atoms with E-state index in [9.17, 15) is 17.6 Å². The first-order valence-corrected chi connectivity index (χ1v) is 13.8. The van der Waals surface area contributed by atoms with Crippen LogP contribution in [0.1, 0.15) is 36.7 Å². The molecule has 0 atom stereocenters. The second-order valence-electron chi connectivity index (χ2n) is 9.73. The Hall–Kier alpha value is -3.40. The van der Waals surface area contributed by atoms with Crippen LogP contribution < -0.4 is 9.21 Å². The Morgan fingerprint density at radius 3 is 2.11 bits per heavy atom. The highest BCUT2D eigenvalue weighted by molar-refractivity contribution is 7.93. The van der Waals surface area contributed by atoms with Crippen molar-refractivity contribution in [1.29, 1.82) is 0 Å². The van der Waals surface area contributed by atoms with E-state index in [0.717, 1.165) is 11.3 Å². The van der Waals surface area contributed by atoms with Gasteiger partial charge in [-0.25, -0.2) is 12.8 Å². The second kappa shape index (κ2) is 10.5. The molecular weight excluding hydrogens is 493 g/mol. The summed E-state index contributed by atoms with van der Waals surface area (Å²) in [6, 6.07) is 13.6. The van der Waals surface area contributed by atoms with Crippen LogP contribution in [0, 0.1) is 19.7 Å². The zero-order valence-corrected chi connectivity index (χ0v) is 22.8. The fraction of sp³-hybridized carbons (Fsp3) is 0.407. The van der Waals surface area contributed by atoms with Gasteiger partial charge in [0.2, 0.25) is 5.91 Å². The van der Waals surface area contributed by atoms with Crippen molar-refractivity contribution in [3.05, 3.63) is 71.3 Å². The third-order valence-corrected chi connectivity index (χ3v) is 8.97. The van der Waals surface area contributed by atoms with E-state index in [1.54, 1.807) is 54.7 Å². The zero-order chi connectivity index (χ0) is 26.9. The van der Waals surface area contributed by atoms with E-state index in [-0.39, 0.29) is 23.2 Å². The summed E-state index contributed by atoms with van der Waals surface area (Å²) in [4.78, 5) is 17.3. The molecule has 0 saturated carbocycles. The van der Waals surface area contributed by atoms with E-state index in [1.165, 1.54) is 16.4 Å². The molecule has 4 rings (SSSR count). The van der Waals surface area contributed by atoms with Crippen molar-refractivity contribution in [3.63, 3.8) is 0 Å². The van der Waals surface area contributed by atoms with Gasteiger partial charge in [-0.2, -0.15) is 5.10 Å². The molecule has 0 radical (unpaired) electrons. The predicted molar refractivity (Wildman–Crippen MR) is 143 cm³/mol. The molecule has 0 N–H and O–H groups in total. The molecule has 1 aliphatic rings. The number of amides is 1. The zero-order valence-electron chi connectivity index (χ0n) is 22.0. The minimum atomic E-state index is -4.06. The topological polar surface area (TPSA) is 78.8 Å². The Balaban J connectivity index is 1.58. The van der Waals surface area contributed by atoms with Crippen molar-refractivity contribution in [3.8, 4) is 0 Å². The number of anilines is 2. The Morgan fingerprint density at radius 2 is 1.59 bits per heavy atom. The van der Waals surface area contributed by atoms with Crippen molar-refractivity contribution >= 4 is 27.3 Å². The smallest absolute Gasteiger partial charge is 0.268 e. The highest BCUT2D eigenvalue weighted by atomic mass is 32.2. The number of hydrogen-bond donors (Lipinski definition) is 0. The van der Waals surface area contributed by atoms with Crippen LogP contribution in [0.4, 0.5) is 15.8 Å². The number of benzene rings is 2. The first kappa shape index (κ1) is 26.7. The fourth-order valence-corrected chi connectivity index (χ4v) is 6.49. The average Bonchev–Trinajstić information content (AvgIpc) is 3.14. The summed E-state index contributed by atoms with van der Waals surface area (Å²) in [6.07, 6.45) is 0. The van der Waals surface area contributed by atoms with Crippen LogP contribution in [0.5, 0.6) is 0 Å². The minimum Gasteiger partial charge on any atom is -0.368 e. The molecule has 0 spiro atoms. The maximum atomic E-state index is 14.0. The number of piperazine rings is 1. The number of halogens is 1. The third-order valence-electron chi connectivity index (χ3n) is 6.94. The normalized spacial score (nSPS) is 14.4. The van der Waals surface area contributed by atoms with Crippen molar-refractivity contribution in [1.82, 2.24) is 14.7 Å². The SMILES string of the molecule is Cc1nn(C)c(C)c1S(=O)(=O)N(CC(=O)N1CCN(c2ccc(F)cc2)CC1)c1ccc(C(C)C)cc1. The molecule has 0 bridgehead atoms. The monoisotopic (exact) mass is 527 g/mol. The Morgan fingerprint density at radius 1 is 1.00 bits per heavy atom. The van der Waals surface area contributed by atoms with Crippen molar-refractivity contribution < 1.29 is 17.6 Å². The Labute approximate surface area is 218 Å². The third kappa shape index (κ3) is 5.49. The van der Waals surface area contributed by atoms with Gasteiger partial charge in [-0.3, -0.25) is 13.8 Å². The van der Waals surface area contributed by atoms with E-state index >= 15 is 0 Å². The lowest BCUT2D eigenvalue weighted by molar-refractivity contribution is -0.129. The number of carbonyl (C=O) groups excluding carboxylic acids is 1. The standard InChI is InChI=1S/C27H34FN5O3S/c1-19(2)22-6-10-25(11-7-22)33(37(35,36)27-20(3)29-30(5)21(27)4)18-26(34)32-16-14-31(15-17-32)24-12-8-23(28)9-13-24/h6-13,19H,14-18H2,1-5H3. The quantitative estimate of drug-likeness (QED) is 0.467. The molecule has 1 saturated heterocycles. The van der Waals surface area contributed by atoms with Crippen LogP contribution in [0.15, 0.2) is 53.4 Å². The largest absolute Gasteiger partial charge is 0.368 e. The van der Waals surface area contributed by atoms with E-state index in [4.69, 9.17) is 0 Å². The molecule has 10 heteroatoms. The molecule has 198 valence electrons. The maximum absolute atomic E-state index is 14.0. The number of carbonyl (C=O) groups is 1. The number of aryl methyl sites for hydroxylation is 2. The summed E-state index contributed by atoms with van der Waals surface area (Å²) in [5.74, 6) is -0.269. The van der Waals surface area contributed by atoms with Gasteiger partial charge in [-0.15, -0.1) is 0 Å². The summed E-state index contributed by atoms with van der Waals surface area (Å²) in [5, 5.41) is 4.29. The lowest BCUT2D eigenvalue weighted by Gasteiger charge is -2.37. The first-order valence-electron chi connectivity index (χ1n) is 12.4. The highest BCUT2D eigenvalue weighted by Crippen LogP contribution is 2.29. The molecule has 2 aromatic carbocycles. The Kier molecular flexibility index (Phi) is 7.59. The summed E-state index contributed by atoms with van der Waals surface area (Å²) in [6.45, 7) is 9.25. The van der Waals surface area contributed by atoms with Gasteiger partial charge in [0.05, 0.1) is 17.1 Å². The highest BCUT2D eigenvalue weighted by Gasteiger charge is 2.34. The van der Waals surface area contributed by atoms with Gasteiger partial charge in [0, 0.05) is 38.9 Å². The van der Waals surface area contributed by atoms with Gasteiger partial charge in [0.15, 0.2) is 0 Å². The lowest BCUT2D eigenvalue weighted by Crippen LogP contribution is -2.52. The van der Waals surface area contributed by atoms with Crippen LogP contribution in [-0.4, -0.2) is 61.7 Å². The second-order valence-corrected chi connectivity index (χ2v) is 11.5. The Bertz CT molecular complexity index is 1360. The molecule has 3 aromatic rings. The van der Waals surface area contributed by atoms with Crippen molar-refractivity contribution in [2.75, 3.05) is 41.9 Å². The van der Waals surface area contributed by atoms with Gasteiger partial charge in [0.1, 0.15) is 17.3 Å². The summed E-state index contributed by atoms with van der Waals surface area (Å²) >= 11 is 0. The van der Waals surface area contributed by atoms with Gasteiger partial charge in [-0.05, 0) is 61.7 Å². The number of sulfonamides is 1. The molecular formula is C27H34FN5O3S. The molecule has 37 heavy (non-hydrogen) atoms. The van der Waals surface area contributed by atoms with Crippen LogP contribution >= 0.6 is 0 Å². The lowest BCUT2D eigenvalue weighted by atomic mass is 10.0. The molecule has 1 amide bonds. The van der Waals surface area contributed by atoms with E-state index in [1.807, 2.05) is 12.1 Å². The summed E-state index contributed by atoms with van der Waals surface area (Å²) in [5.41, 5.74) is 3.32. The van der Waals surface area contributed by atoms with Crippen LogP contribution in [0.3, 0.4) is 0 Å². The number of aromatic nitrogens is 2. The van der Waals surface area contributed by atoms with Crippen molar-refractivity contribution in [2.45, 2.75) is 38.5 Å². The number of rotatable bonds is 7. The molecule has 1 aliphatic heterocycles. The summed E-state index contributed by atoms with van der Waals surface area (Å²) < 4.78 is 43.9. The van der Waals surface area contributed by atoms with Crippen molar-refractivity contribution in [2.24, 2.45) is 7.05 Å². The summed E-state index contributed by atoms with van der Waals surface area (Å²) in [7, 11) is -2.36. The fourth-order valence-electron chi connectivity index (χ4n) is 4.67.